The van der Waals surface area contributed by atoms with E-state index in [0.717, 1.165) is 0 Å². The van der Waals surface area contributed by atoms with Gasteiger partial charge in [0, 0.05) is 5.70 Å². The van der Waals surface area contributed by atoms with Crippen LogP contribution in [0.15, 0.2) is 45.6 Å². The third kappa shape index (κ3) is 3.91. The van der Waals surface area contributed by atoms with Gasteiger partial charge >= 0.3 is 11.7 Å². The maximum absolute atomic E-state index is 12.9. The molecule has 0 radical (unpaired) electrons. The number of hydrogen-bond donors (Lipinski definition) is 3. The largest absolute Gasteiger partial charge is 0.493 e. The molecule has 164 valence electrons. The fourth-order valence-corrected chi connectivity index (χ4v) is 3.57. The number of allylic oxidation sites excluding steroid dienone is 1. The van der Waals surface area contributed by atoms with Crippen molar-refractivity contribution in [3.05, 3.63) is 68.0 Å². The van der Waals surface area contributed by atoms with Gasteiger partial charge in [-0.3, -0.25) is 14.8 Å². The Morgan fingerprint density at radius 2 is 1.74 bits per heavy atom. The van der Waals surface area contributed by atoms with Crippen molar-refractivity contribution in [3.63, 3.8) is 0 Å². The van der Waals surface area contributed by atoms with Crippen LogP contribution in [0.2, 0.25) is 0 Å². The van der Waals surface area contributed by atoms with Crippen LogP contribution in [-0.4, -0.2) is 43.9 Å². The van der Waals surface area contributed by atoms with E-state index in [1.54, 1.807) is 19.1 Å². The maximum Gasteiger partial charge on any atom is 0.337 e. The Hall–Kier alpha value is -3.95. The molecule has 2 heterocycles. The van der Waals surface area contributed by atoms with Crippen molar-refractivity contribution in [3.8, 4) is 17.2 Å². The highest BCUT2D eigenvalue weighted by atomic mass is 16.5. The van der Waals surface area contributed by atoms with E-state index >= 15 is 0 Å². The first kappa shape index (κ1) is 21.8. The molecule has 2 aromatic rings. The molecule has 1 aliphatic rings. The number of methoxy groups -OCH3 is 3. The van der Waals surface area contributed by atoms with Gasteiger partial charge in [-0.05, 0) is 24.6 Å². The number of esters is 1. The molecule has 1 aromatic heterocycles. The van der Waals surface area contributed by atoms with E-state index in [1.165, 1.54) is 27.4 Å². The first-order valence-corrected chi connectivity index (χ1v) is 9.28. The highest BCUT2D eigenvalue weighted by Gasteiger charge is 2.37. The number of hydrogen-bond acceptors (Lipinski definition) is 8. The maximum atomic E-state index is 12.9. The van der Waals surface area contributed by atoms with Gasteiger partial charge in [0.25, 0.3) is 5.56 Å². The molecule has 0 fully saturated rings. The summed E-state index contributed by atoms with van der Waals surface area (Å²) in [6.45, 7) is 5.19. The van der Waals surface area contributed by atoms with Gasteiger partial charge in [-0.1, -0.05) is 12.7 Å². The van der Waals surface area contributed by atoms with E-state index in [2.05, 4.69) is 21.9 Å². The minimum Gasteiger partial charge on any atom is -0.493 e. The third-order valence-corrected chi connectivity index (χ3v) is 4.85. The summed E-state index contributed by atoms with van der Waals surface area (Å²) in [4.78, 5) is 42.3. The van der Waals surface area contributed by atoms with E-state index in [1.807, 2.05) is 0 Å². The van der Waals surface area contributed by atoms with Gasteiger partial charge in [-0.25, -0.2) is 9.59 Å². The van der Waals surface area contributed by atoms with E-state index in [9.17, 15) is 14.4 Å². The molecule has 1 aliphatic heterocycles. The van der Waals surface area contributed by atoms with E-state index < -0.39 is 23.1 Å². The number of fused-ring (bicyclic) bond motifs is 1. The number of H-pyrrole nitrogens is 2. The second-order valence-electron chi connectivity index (χ2n) is 6.64. The number of benzene rings is 1. The SMILES string of the molecule is C=CCOC(=O)C1=C(C)Nc2[nH]c(=O)[nH]c(=O)c2C1c1cc(OC)c(OC)c(OC)c1. The van der Waals surface area contributed by atoms with Crippen LogP contribution in [0.1, 0.15) is 24.0 Å². The molecule has 0 spiro atoms. The van der Waals surface area contributed by atoms with Crippen LogP contribution in [0, 0.1) is 0 Å². The summed E-state index contributed by atoms with van der Waals surface area (Å²) in [6.07, 6.45) is 1.44. The Kier molecular flexibility index (Phi) is 6.19. The molecule has 0 amide bonds. The molecule has 1 unspecified atom stereocenters. The van der Waals surface area contributed by atoms with Gasteiger partial charge in [0.15, 0.2) is 11.5 Å². The zero-order chi connectivity index (χ0) is 22.7. The summed E-state index contributed by atoms with van der Waals surface area (Å²) in [5.74, 6) is -0.300. The fraction of sp³-hybridized carbons (Fsp3) is 0.286. The van der Waals surface area contributed by atoms with E-state index in [0.29, 0.717) is 28.5 Å². The van der Waals surface area contributed by atoms with Gasteiger partial charge in [0.1, 0.15) is 12.4 Å². The molecule has 10 nitrogen and oxygen atoms in total. The van der Waals surface area contributed by atoms with Gasteiger partial charge in [0.2, 0.25) is 5.75 Å². The highest BCUT2D eigenvalue weighted by Crippen LogP contribution is 2.45. The van der Waals surface area contributed by atoms with Crippen molar-refractivity contribution in [2.75, 3.05) is 33.3 Å². The summed E-state index contributed by atoms with van der Waals surface area (Å²) < 4.78 is 21.5. The van der Waals surface area contributed by atoms with Crippen molar-refractivity contribution < 1.29 is 23.7 Å². The smallest absolute Gasteiger partial charge is 0.337 e. The lowest BCUT2D eigenvalue weighted by Crippen LogP contribution is -2.35. The molecule has 1 aromatic carbocycles. The highest BCUT2D eigenvalue weighted by molar-refractivity contribution is 5.94. The summed E-state index contributed by atoms with van der Waals surface area (Å²) in [6, 6.07) is 3.28. The Balaban J connectivity index is 2.33. The number of nitrogens with one attached hydrogen (secondary N) is 3. The number of carbonyl (C=O) groups excluding carboxylic acids is 1. The number of ether oxygens (including phenoxy) is 4. The second kappa shape index (κ2) is 8.82. The van der Waals surface area contributed by atoms with Crippen LogP contribution in [0.5, 0.6) is 17.2 Å². The number of carbonyl (C=O) groups is 1. The van der Waals surface area contributed by atoms with Crippen molar-refractivity contribution >= 4 is 11.8 Å². The van der Waals surface area contributed by atoms with Gasteiger partial charge < -0.3 is 24.3 Å². The Labute approximate surface area is 177 Å². The Bertz CT molecular complexity index is 1150. The normalized spacial score (nSPS) is 14.9. The second-order valence-corrected chi connectivity index (χ2v) is 6.64. The predicted molar refractivity (Wildman–Crippen MR) is 113 cm³/mol. The molecule has 10 heteroatoms. The van der Waals surface area contributed by atoms with Gasteiger partial charge in [0.05, 0.1) is 38.4 Å². The van der Waals surface area contributed by atoms with Crippen LogP contribution in [0.25, 0.3) is 0 Å². The summed E-state index contributed by atoms with van der Waals surface area (Å²) in [5.41, 5.74) is -0.0654. The quantitative estimate of drug-likeness (QED) is 0.447. The minimum atomic E-state index is -0.886. The topological polar surface area (TPSA) is 132 Å². The minimum absolute atomic E-state index is 0.00751. The zero-order valence-electron chi connectivity index (χ0n) is 17.6. The average Bonchev–Trinajstić information content (AvgIpc) is 2.74. The van der Waals surface area contributed by atoms with Crippen LogP contribution >= 0.6 is 0 Å². The lowest BCUT2D eigenvalue weighted by molar-refractivity contribution is -0.138. The van der Waals surface area contributed by atoms with Crippen molar-refractivity contribution in [1.82, 2.24) is 9.97 Å². The zero-order valence-corrected chi connectivity index (χ0v) is 17.6. The predicted octanol–water partition coefficient (Wildman–Crippen LogP) is 1.65. The molecular formula is C21H23N3O7. The van der Waals surface area contributed by atoms with Crippen LogP contribution < -0.4 is 30.8 Å². The lowest BCUT2D eigenvalue weighted by Gasteiger charge is -2.29. The molecule has 0 bridgehead atoms. The third-order valence-electron chi connectivity index (χ3n) is 4.85. The lowest BCUT2D eigenvalue weighted by atomic mass is 9.82. The summed E-state index contributed by atoms with van der Waals surface area (Å²) in [5, 5.41) is 2.92. The molecule has 0 saturated heterocycles. The van der Waals surface area contributed by atoms with Crippen molar-refractivity contribution in [2.24, 2.45) is 0 Å². The Morgan fingerprint density at radius 1 is 1.10 bits per heavy atom. The number of rotatable bonds is 7. The number of aromatic amines is 2. The van der Waals surface area contributed by atoms with Crippen LogP contribution in [-0.2, 0) is 9.53 Å². The van der Waals surface area contributed by atoms with E-state index in [-0.39, 0.29) is 23.6 Å². The standard InChI is InChI=1S/C21H23N3O7/c1-6-7-31-20(26)14-10(2)22-18-16(19(25)24-21(27)23-18)15(14)11-8-12(28-3)17(30-5)13(9-11)29-4/h6,8-9,15H,1,7H2,2-5H3,(H3,22,23,24,25,27). The van der Waals surface area contributed by atoms with E-state index in [4.69, 9.17) is 18.9 Å². The summed E-state index contributed by atoms with van der Waals surface area (Å²) in [7, 11) is 4.39. The Morgan fingerprint density at radius 3 is 2.29 bits per heavy atom. The van der Waals surface area contributed by atoms with Gasteiger partial charge in [-0.2, -0.15) is 0 Å². The molecule has 0 saturated carbocycles. The molecular weight excluding hydrogens is 406 g/mol. The first-order valence-electron chi connectivity index (χ1n) is 9.28. The monoisotopic (exact) mass is 429 g/mol. The molecule has 31 heavy (non-hydrogen) atoms. The van der Waals surface area contributed by atoms with Crippen molar-refractivity contribution in [2.45, 2.75) is 12.8 Å². The molecule has 3 rings (SSSR count). The average molecular weight is 429 g/mol. The molecule has 0 aliphatic carbocycles. The van der Waals surface area contributed by atoms with Crippen LogP contribution in [0.4, 0.5) is 5.82 Å². The van der Waals surface area contributed by atoms with Crippen molar-refractivity contribution in [1.29, 1.82) is 0 Å². The van der Waals surface area contributed by atoms with Crippen LogP contribution in [0.3, 0.4) is 0 Å². The fourth-order valence-electron chi connectivity index (χ4n) is 3.57. The first-order chi connectivity index (χ1) is 14.9. The molecule has 1 atom stereocenters. The summed E-state index contributed by atoms with van der Waals surface area (Å²) >= 11 is 0. The van der Waals surface area contributed by atoms with Gasteiger partial charge in [-0.15, -0.1) is 0 Å². The molecule has 3 N–H and O–H groups in total. The number of aromatic nitrogens is 2. The number of anilines is 1.